The minimum atomic E-state index is -0.350. The number of benzene rings is 2. The molecule has 62 heavy (non-hydrogen) atoms. The highest BCUT2D eigenvalue weighted by Gasteiger charge is 2.31. The highest BCUT2D eigenvalue weighted by molar-refractivity contribution is 7.23. The number of nitrogens with zero attached hydrogens (tertiary/aromatic N) is 8. The zero-order valence-electron chi connectivity index (χ0n) is 33.7. The van der Waals surface area contributed by atoms with Crippen LogP contribution in [0.3, 0.4) is 0 Å². The maximum atomic E-state index is 14.0. The summed E-state index contributed by atoms with van der Waals surface area (Å²) in [5.74, 6) is 1.56. The molecule has 2 aliphatic rings. The minimum absolute atomic E-state index is 0.0539. The maximum Gasteiger partial charge on any atom is 0.246 e. The van der Waals surface area contributed by atoms with Crippen LogP contribution in [0.5, 0.6) is 11.5 Å². The van der Waals surface area contributed by atoms with E-state index in [9.17, 15) is 14.0 Å². The molecule has 0 radical (unpaired) electrons. The number of fused-ring (bicyclic) bond motifs is 4. The Morgan fingerprint density at radius 2 is 1.21 bits per heavy atom. The van der Waals surface area contributed by atoms with E-state index in [4.69, 9.17) is 32.5 Å². The third-order valence-corrected chi connectivity index (χ3v) is 14.0. The number of halogens is 2. The Bertz CT molecular complexity index is 2900. The Kier molecular flexibility index (Phi) is 10.8. The molecular weight excluding hydrogens is 851 g/mol. The summed E-state index contributed by atoms with van der Waals surface area (Å²) < 4.78 is 31.0. The molecule has 0 bridgehead atoms. The van der Waals surface area contributed by atoms with Gasteiger partial charge < -0.3 is 39.9 Å². The van der Waals surface area contributed by atoms with Crippen molar-refractivity contribution in [2.45, 2.75) is 24.9 Å². The van der Waals surface area contributed by atoms with Crippen molar-refractivity contribution in [3.05, 3.63) is 97.6 Å². The van der Waals surface area contributed by atoms with Crippen molar-refractivity contribution >= 4 is 100.0 Å². The van der Waals surface area contributed by atoms with Gasteiger partial charge in [-0.2, -0.15) is 0 Å². The van der Waals surface area contributed by atoms with Gasteiger partial charge in [-0.05, 0) is 60.0 Å². The summed E-state index contributed by atoms with van der Waals surface area (Å²) in [4.78, 5) is 47.1. The highest BCUT2D eigenvalue weighted by atomic mass is 35.5. The molecule has 14 nitrogen and oxygen atoms in total. The molecule has 6 aromatic heterocycles. The van der Waals surface area contributed by atoms with Gasteiger partial charge in [-0.3, -0.25) is 9.59 Å². The zero-order chi connectivity index (χ0) is 43.4. The summed E-state index contributed by atoms with van der Waals surface area (Å²) in [6, 6.07) is 10.8. The molecule has 2 amide bonds. The monoisotopic (exact) mass is 890 g/mol. The van der Waals surface area contributed by atoms with Crippen molar-refractivity contribution in [3.63, 3.8) is 0 Å². The minimum Gasteiger partial charge on any atom is -0.495 e. The lowest BCUT2D eigenvalue weighted by molar-refractivity contribution is -0.125. The fourth-order valence-corrected chi connectivity index (χ4v) is 11.0. The van der Waals surface area contributed by atoms with E-state index in [-0.39, 0.29) is 29.7 Å². The van der Waals surface area contributed by atoms with E-state index in [1.165, 1.54) is 55.4 Å². The smallest absolute Gasteiger partial charge is 0.246 e. The normalized spacial score (nSPS) is 16.3. The number of nitrogen functional groups attached to an aromatic ring is 2. The van der Waals surface area contributed by atoms with Gasteiger partial charge in [0.2, 0.25) is 11.8 Å². The Morgan fingerprint density at radius 3 is 1.68 bits per heavy atom. The van der Waals surface area contributed by atoms with Crippen LogP contribution < -0.4 is 20.9 Å². The lowest BCUT2D eigenvalue weighted by atomic mass is 10.1. The number of carbonyl (C=O) groups excluding carboxylic acids is 2. The molecule has 0 saturated carbocycles. The third-order valence-electron chi connectivity index (χ3n) is 11.4. The van der Waals surface area contributed by atoms with Crippen LogP contribution in [0.2, 0.25) is 5.02 Å². The molecule has 8 heterocycles. The molecule has 2 unspecified atom stereocenters. The van der Waals surface area contributed by atoms with Gasteiger partial charge in [0.1, 0.15) is 52.9 Å². The first-order valence-electron chi connectivity index (χ1n) is 19.6. The molecule has 18 heteroatoms. The summed E-state index contributed by atoms with van der Waals surface area (Å²) in [6.45, 7) is 9.69. The summed E-state index contributed by atoms with van der Waals surface area (Å²) in [7, 11) is 3.17. The molecule has 2 aromatic carbocycles. The second-order valence-electron chi connectivity index (χ2n) is 15.0. The molecule has 2 fully saturated rings. The number of anilines is 2. The topological polar surface area (TPSA) is 173 Å². The fraction of sp³-hybridized carbons (Fsp3) is 0.227. The number of carbonyl (C=O) groups is 2. The molecule has 316 valence electrons. The Balaban J connectivity index is 0.000000158. The molecule has 4 N–H and O–H groups in total. The number of amides is 2. The van der Waals surface area contributed by atoms with Crippen LogP contribution in [-0.2, 0) is 9.59 Å². The van der Waals surface area contributed by atoms with Crippen molar-refractivity contribution in [2.24, 2.45) is 0 Å². The van der Waals surface area contributed by atoms with Gasteiger partial charge in [0.15, 0.2) is 0 Å². The predicted molar refractivity (Wildman–Crippen MR) is 244 cm³/mol. The fourth-order valence-electron chi connectivity index (χ4n) is 8.48. The molecular formula is C44H40ClFN10O4S2. The Labute approximate surface area is 367 Å². The number of methoxy groups -OCH3 is 2. The molecule has 0 aliphatic carbocycles. The number of rotatable bonds is 8. The Hall–Kier alpha value is -6.56. The van der Waals surface area contributed by atoms with Gasteiger partial charge in [0, 0.05) is 76.6 Å². The van der Waals surface area contributed by atoms with Crippen molar-refractivity contribution < 1.29 is 23.5 Å². The van der Waals surface area contributed by atoms with Crippen LogP contribution >= 0.6 is 34.3 Å². The molecule has 8 aromatic rings. The second kappa shape index (κ2) is 16.4. The predicted octanol–water partition coefficient (Wildman–Crippen LogP) is 8.52. The van der Waals surface area contributed by atoms with Crippen LogP contribution in [0.15, 0.2) is 86.8 Å². The number of thiophene rings is 2. The summed E-state index contributed by atoms with van der Waals surface area (Å²) in [6.07, 6.45) is 11.3. The first-order chi connectivity index (χ1) is 30.0. The van der Waals surface area contributed by atoms with Gasteiger partial charge in [0.25, 0.3) is 0 Å². The number of hydrogen-bond donors (Lipinski definition) is 2. The van der Waals surface area contributed by atoms with Crippen LogP contribution in [-0.4, -0.2) is 91.1 Å². The molecule has 2 saturated heterocycles. The van der Waals surface area contributed by atoms with E-state index < -0.39 is 0 Å². The lowest BCUT2D eigenvalue weighted by Crippen LogP contribution is -2.27. The van der Waals surface area contributed by atoms with E-state index in [1.54, 1.807) is 28.2 Å². The summed E-state index contributed by atoms with van der Waals surface area (Å²) >= 11 is 9.38. The van der Waals surface area contributed by atoms with Crippen molar-refractivity contribution in [3.8, 4) is 32.4 Å². The maximum absolute atomic E-state index is 14.0. The van der Waals surface area contributed by atoms with Crippen LogP contribution in [0.25, 0.3) is 63.1 Å². The van der Waals surface area contributed by atoms with Gasteiger partial charge in [0.05, 0.1) is 46.5 Å². The first-order valence-corrected chi connectivity index (χ1v) is 21.6. The van der Waals surface area contributed by atoms with Crippen LogP contribution in [0.4, 0.5) is 16.0 Å². The van der Waals surface area contributed by atoms with Crippen LogP contribution in [0, 0.1) is 5.82 Å². The molecule has 0 spiro atoms. The standard InChI is InChI=1S/C22H20ClN5O2S.C22H20FN5O2S/c2*1-3-18(29)27-5-4-14(9-27)28-10-15(19-21(24)25-11-26-22(19)28)17-7-12-6-13(23)8-16(30-2)20(12)31-17/h2*3,6-8,10-11,14H,1,4-5,9H2,2H3,(H2,24,25,26). The van der Waals surface area contributed by atoms with E-state index in [2.05, 4.69) is 54.5 Å². The summed E-state index contributed by atoms with van der Waals surface area (Å²) in [5, 5.41) is 3.95. The zero-order valence-corrected chi connectivity index (χ0v) is 36.1. The van der Waals surface area contributed by atoms with Gasteiger partial charge >= 0.3 is 0 Å². The van der Waals surface area contributed by atoms with Crippen LogP contribution in [0.1, 0.15) is 24.9 Å². The van der Waals surface area contributed by atoms with Gasteiger partial charge in [-0.1, -0.05) is 24.8 Å². The number of aromatic nitrogens is 6. The Morgan fingerprint density at radius 1 is 0.742 bits per heavy atom. The van der Waals surface area contributed by atoms with Gasteiger partial charge in [-0.15, -0.1) is 22.7 Å². The summed E-state index contributed by atoms with van der Waals surface area (Å²) in [5.41, 5.74) is 15.9. The van der Waals surface area contributed by atoms with Crippen molar-refractivity contribution in [1.29, 1.82) is 0 Å². The molecule has 10 rings (SSSR count). The van der Waals surface area contributed by atoms with E-state index >= 15 is 0 Å². The molecule has 2 aliphatic heterocycles. The molecule has 2 atom stereocenters. The quantitative estimate of drug-likeness (QED) is 0.141. The van der Waals surface area contributed by atoms with E-state index in [0.29, 0.717) is 48.6 Å². The highest BCUT2D eigenvalue weighted by Crippen LogP contribution is 2.46. The number of likely N-dealkylation sites (tertiary alicyclic amines) is 2. The van der Waals surface area contributed by atoms with E-state index in [1.807, 2.05) is 24.4 Å². The van der Waals surface area contributed by atoms with Crippen molar-refractivity contribution in [2.75, 3.05) is 51.9 Å². The largest absolute Gasteiger partial charge is 0.495 e. The second-order valence-corrected chi connectivity index (χ2v) is 17.5. The van der Waals surface area contributed by atoms with Gasteiger partial charge in [-0.25, -0.2) is 24.3 Å². The first kappa shape index (κ1) is 40.8. The SMILES string of the molecule is C=CC(=O)N1CCC(n2cc(-c3cc4cc(Cl)cc(OC)c4s3)c3c(N)ncnc32)C1.C=CC(=O)N1CCC(n2cc(-c3cc4cc(F)cc(OC)c4s3)c3c(N)ncnc32)C1. The third kappa shape index (κ3) is 7.14. The lowest BCUT2D eigenvalue weighted by Gasteiger charge is -2.15. The average Bonchev–Trinajstić information content (AvgIpc) is 4.13. The van der Waals surface area contributed by atoms with E-state index in [0.717, 1.165) is 81.7 Å². The van der Waals surface area contributed by atoms with Crippen molar-refractivity contribution in [1.82, 2.24) is 38.9 Å². The number of hydrogen-bond acceptors (Lipinski definition) is 12. The number of ether oxygens (including phenoxy) is 2. The number of nitrogens with two attached hydrogens (primary N) is 2. The average molecular weight is 891 g/mol.